The lowest BCUT2D eigenvalue weighted by Gasteiger charge is -2.20. The summed E-state index contributed by atoms with van der Waals surface area (Å²) in [6, 6.07) is 13.5. The lowest BCUT2D eigenvalue weighted by Crippen LogP contribution is -2.31. The molecule has 0 radical (unpaired) electrons. The van der Waals surface area contributed by atoms with Crippen LogP contribution in [0.1, 0.15) is 43.2 Å². The number of nitriles is 1. The molecule has 0 atom stereocenters. The van der Waals surface area contributed by atoms with Crippen LogP contribution in [-0.4, -0.2) is 31.7 Å². The number of amides is 1. The van der Waals surface area contributed by atoms with E-state index < -0.39 is 10.0 Å². The van der Waals surface area contributed by atoms with Crippen LogP contribution in [0.15, 0.2) is 47.4 Å². The van der Waals surface area contributed by atoms with E-state index in [-0.39, 0.29) is 17.4 Å². The van der Waals surface area contributed by atoms with Gasteiger partial charge in [-0.3, -0.25) is 4.79 Å². The van der Waals surface area contributed by atoms with Gasteiger partial charge in [0.2, 0.25) is 15.9 Å². The highest BCUT2D eigenvalue weighted by Crippen LogP contribution is 2.22. The third-order valence-electron chi connectivity index (χ3n) is 5.14. The van der Waals surface area contributed by atoms with Crippen molar-refractivity contribution in [1.29, 1.82) is 5.26 Å². The normalized spacial score (nSPS) is 15.2. The Labute approximate surface area is 182 Å². The second-order valence-electron chi connectivity index (χ2n) is 7.32. The molecule has 1 amide bonds. The summed E-state index contributed by atoms with van der Waals surface area (Å²) < 4.78 is 27.2. The van der Waals surface area contributed by atoms with Crippen molar-refractivity contribution in [2.75, 3.05) is 18.4 Å². The van der Waals surface area contributed by atoms with Crippen LogP contribution in [-0.2, 0) is 21.2 Å². The van der Waals surface area contributed by atoms with Crippen LogP contribution < -0.4 is 5.32 Å². The van der Waals surface area contributed by atoms with E-state index in [2.05, 4.69) is 5.32 Å². The van der Waals surface area contributed by atoms with Crippen LogP contribution in [0, 0.1) is 11.3 Å². The summed E-state index contributed by atoms with van der Waals surface area (Å²) >= 11 is 5.98. The molecule has 1 saturated heterocycles. The van der Waals surface area contributed by atoms with Crippen molar-refractivity contribution in [3.8, 4) is 6.07 Å². The van der Waals surface area contributed by atoms with E-state index in [1.54, 1.807) is 46.8 Å². The van der Waals surface area contributed by atoms with Crippen molar-refractivity contribution in [1.82, 2.24) is 4.31 Å². The summed E-state index contributed by atoms with van der Waals surface area (Å²) in [5.41, 5.74) is 1.77. The number of sulfonamides is 1. The second-order valence-corrected chi connectivity index (χ2v) is 9.66. The summed E-state index contributed by atoms with van der Waals surface area (Å²) in [6.07, 6.45) is 4.67. The van der Waals surface area contributed by atoms with E-state index in [1.807, 2.05) is 6.07 Å². The molecule has 1 aliphatic rings. The molecule has 0 aromatic heterocycles. The molecule has 6 nitrogen and oxygen atoms in total. The first kappa shape index (κ1) is 22.3. The molecule has 1 aliphatic heterocycles. The fourth-order valence-corrected chi connectivity index (χ4v) is 5.16. The van der Waals surface area contributed by atoms with Crippen LogP contribution >= 0.6 is 11.6 Å². The molecule has 0 unspecified atom stereocenters. The van der Waals surface area contributed by atoms with Gasteiger partial charge < -0.3 is 5.32 Å². The number of aryl methyl sites for hydroxylation is 1. The number of rotatable bonds is 6. The summed E-state index contributed by atoms with van der Waals surface area (Å²) in [5.74, 6) is -0.183. The number of hydrogen-bond donors (Lipinski definition) is 1. The smallest absolute Gasteiger partial charge is 0.243 e. The Morgan fingerprint density at radius 1 is 1.07 bits per heavy atom. The fourth-order valence-electron chi connectivity index (χ4n) is 3.42. The quantitative estimate of drug-likeness (QED) is 0.715. The zero-order valence-corrected chi connectivity index (χ0v) is 18.2. The molecule has 2 aromatic carbocycles. The van der Waals surface area contributed by atoms with Crippen LogP contribution in [0.3, 0.4) is 0 Å². The van der Waals surface area contributed by atoms with Crippen LogP contribution in [0.5, 0.6) is 0 Å². The largest absolute Gasteiger partial charge is 0.326 e. The lowest BCUT2D eigenvalue weighted by atomic mass is 10.1. The third kappa shape index (κ3) is 5.60. The van der Waals surface area contributed by atoms with Crippen molar-refractivity contribution < 1.29 is 13.2 Å². The molecule has 2 aromatic rings. The maximum Gasteiger partial charge on any atom is 0.243 e. The van der Waals surface area contributed by atoms with Crippen molar-refractivity contribution in [3.05, 3.63) is 58.6 Å². The van der Waals surface area contributed by atoms with E-state index in [9.17, 15) is 13.2 Å². The minimum absolute atomic E-state index is 0.183. The van der Waals surface area contributed by atoms with E-state index >= 15 is 0 Å². The Morgan fingerprint density at radius 2 is 1.73 bits per heavy atom. The molecule has 0 spiro atoms. The molecule has 158 valence electrons. The predicted octanol–water partition coefficient (Wildman–Crippen LogP) is 4.35. The van der Waals surface area contributed by atoms with Crippen molar-refractivity contribution in [3.63, 3.8) is 0 Å². The number of nitrogens with zero attached hydrogens (tertiary/aromatic N) is 2. The minimum Gasteiger partial charge on any atom is -0.326 e. The number of carbonyl (C=O) groups excluding carboxylic acids is 1. The monoisotopic (exact) mass is 445 g/mol. The summed E-state index contributed by atoms with van der Waals surface area (Å²) in [4.78, 5) is 12.5. The molecular weight excluding hydrogens is 422 g/mol. The van der Waals surface area contributed by atoms with Gasteiger partial charge in [-0.05, 0) is 55.2 Å². The van der Waals surface area contributed by atoms with Crippen LogP contribution in [0.2, 0.25) is 5.02 Å². The number of anilines is 1. The van der Waals surface area contributed by atoms with E-state index in [1.165, 1.54) is 0 Å². The number of benzene rings is 2. The van der Waals surface area contributed by atoms with E-state index in [0.717, 1.165) is 31.2 Å². The van der Waals surface area contributed by atoms with Crippen molar-refractivity contribution >= 4 is 33.2 Å². The maximum absolute atomic E-state index is 12.8. The second kappa shape index (κ2) is 10.1. The van der Waals surface area contributed by atoms with Crippen LogP contribution in [0.25, 0.3) is 0 Å². The maximum atomic E-state index is 12.8. The Kier molecular flexibility index (Phi) is 7.48. The molecule has 1 N–H and O–H groups in total. The minimum atomic E-state index is -3.47. The Bertz CT molecular complexity index is 1040. The van der Waals surface area contributed by atoms with Gasteiger partial charge in [-0.15, -0.1) is 0 Å². The van der Waals surface area contributed by atoms with Gasteiger partial charge in [-0.1, -0.05) is 36.6 Å². The molecule has 1 fully saturated rings. The first-order valence-corrected chi connectivity index (χ1v) is 11.8. The molecule has 0 bridgehead atoms. The Hall–Kier alpha value is -2.40. The summed E-state index contributed by atoms with van der Waals surface area (Å²) in [6.45, 7) is 1.15. The lowest BCUT2D eigenvalue weighted by molar-refractivity contribution is -0.116. The highest BCUT2D eigenvalue weighted by molar-refractivity contribution is 7.89. The molecule has 8 heteroatoms. The first-order chi connectivity index (χ1) is 14.4. The average molecular weight is 446 g/mol. The highest BCUT2D eigenvalue weighted by atomic mass is 35.5. The van der Waals surface area contributed by atoms with Crippen molar-refractivity contribution in [2.45, 2.75) is 43.4 Å². The number of nitrogens with one attached hydrogen (secondary N) is 1. The standard InChI is InChI=1S/C22H24ClN3O3S/c23-21-15-19(9-8-18(21)16-24)25-22(27)12-7-17-5-10-20(11-6-17)30(28,29)26-13-3-1-2-4-14-26/h5-6,8-11,15H,1-4,7,12-14H2,(H,25,27). The highest BCUT2D eigenvalue weighted by Gasteiger charge is 2.24. The van der Waals surface area contributed by atoms with Crippen LogP contribution in [0.4, 0.5) is 5.69 Å². The van der Waals surface area contributed by atoms with E-state index in [0.29, 0.717) is 35.7 Å². The average Bonchev–Trinajstić information content (AvgIpc) is 3.03. The third-order valence-corrected chi connectivity index (χ3v) is 7.37. The Balaban J connectivity index is 1.57. The number of hydrogen-bond acceptors (Lipinski definition) is 4. The molecule has 0 aliphatic carbocycles. The van der Waals surface area contributed by atoms with Gasteiger partial charge in [-0.2, -0.15) is 9.57 Å². The van der Waals surface area contributed by atoms with Gasteiger partial charge in [0.25, 0.3) is 0 Å². The van der Waals surface area contributed by atoms with Gasteiger partial charge in [0.05, 0.1) is 15.5 Å². The SMILES string of the molecule is N#Cc1ccc(NC(=O)CCc2ccc(S(=O)(=O)N3CCCCCC3)cc2)cc1Cl. The van der Waals surface area contributed by atoms with Gasteiger partial charge in [-0.25, -0.2) is 8.42 Å². The zero-order valence-electron chi connectivity index (χ0n) is 16.6. The fraction of sp³-hybridized carbons (Fsp3) is 0.364. The first-order valence-electron chi connectivity index (χ1n) is 9.99. The molecule has 30 heavy (non-hydrogen) atoms. The molecule has 1 heterocycles. The van der Waals surface area contributed by atoms with E-state index in [4.69, 9.17) is 16.9 Å². The summed E-state index contributed by atoms with van der Waals surface area (Å²) in [5, 5.41) is 11.9. The number of carbonyl (C=O) groups is 1. The molecular formula is C22H24ClN3O3S. The zero-order chi connectivity index (χ0) is 21.6. The summed E-state index contributed by atoms with van der Waals surface area (Å²) in [7, 11) is -3.47. The topological polar surface area (TPSA) is 90.3 Å². The van der Waals surface area contributed by atoms with Gasteiger partial charge in [0.15, 0.2) is 0 Å². The predicted molar refractivity (Wildman–Crippen MR) is 117 cm³/mol. The number of halogens is 1. The van der Waals surface area contributed by atoms with Gasteiger partial charge in [0.1, 0.15) is 6.07 Å². The van der Waals surface area contributed by atoms with Gasteiger partial charge in [0, 0.05) is 25.2 Å². The van der Waals surface area contributed by atoms with Gasteiger partial charge >= 0.3 is 0 Å². The molecule has 3 rings (SSSR count). The van der Waals surface area contributed by atoms with Crippen molar-refractivity contribution in [2.24, 2.45) is 0 Å². The molecule has 0 saturated carbocycles. The Morgan fingerprint density at radius 3 is 2.33 bits per heavy atom.